The van der Waals surface area contributed by atoms with Crippen LogP contribution in [0.3, 0.4) is 0 Å². The topological polar surface area (TPSA) is 29.1 Å². The number of thioether (sulfide) groups is 1. The summed E-state index contributed by atoms with van der Waals surface area (Å²) in [4.78, 5) is 13.5. The van der Waals surface area contributed by atoms with Crippen LogP contribution in [-0.4, -0.2) is 17.2 Å². The Hall–Kier alpha value is -0.960. The van der Waals surface area contributed by atoms with Gasteiger partial charge in [0.05, 0.1) is 5.56 Å². The highest BCUT2D eigenvalue weighted by Crippen LogP contribution is 2.26. The summed E-state index contributed by atoms with van der Waals surface area (Å²) in [5, 5.41) is 3.61. The normalized spacial score (nSPS) is 12.4. The number of carbonyl (C=O) groups is 1. The van der Waals surface area contributed by atoms with E-state index in [0.29, 0.717) is 5.25 Å². The average Bonchev–Trinajstić information content (AvgIpc) is 2.43. The van der Waals surface area contributed by atoms with Gasteiger partial charge in [-0.1, -0.05) is 58.6 Å². The van der Waals surface area contributed by atoms with E-state index in [1.165, 1.54) is 25.7 Å². The molecule has 0 aliphatic heterocycles. The van der Waals surface area contributed by atoms with Gasteiger partial charge in [-0.05, 0) is 25.5 Å². The molecular formula is C18H29NOS. The zero-order valence-electron chi connectivity index (χ0n) is 13.8. The molecule has 118 valence electrons. The van der Waals surface area contributed by atoms with Crippen molar-refractivity contribution >= 4 is 17.7 Å². The summed E-state index contributed by atoms with van der Waals surface area (Å²) in [5.74, 6) is 0.0572. The Labute approximate surface area is 134 Å². The van der Waals surface area contributed by atoms with E-state index < -0.39 is 0 Å². The molecule has 1 N–H and O–H groups in total. The number of amides is 1. The molecule has 0 radical (unpaired) electrons. The molecule has 3 heteroatoms. The largest absolute Gasteiger partial charge is 0.350 e. The highest BCUT2D eigenvalue weighted by molar-refractivity contribution is 8.00. The Bertz CT molecular complexity index is 431. The van der Waals surface area contributed by atoms with Gasteiger partial charge in [-0.25, -0.2) is 0 Å². The lowest BCUT2D eigenvalue weighted by Gasteiger charge is -2.16. The molecule has 2 nitrogen and oxygen atoms in total. The van der Waals surface area contributed by atoms with Crippen LogP contribution in [0.2, 0.25) is 0 Å². The van der Waals surface area contributed by atoms with Crippen molar-refractivity contribution in [2.45, 2.75) is 76.0 Å². The van der Waals surface area contributed by atoms with Crippen LogP contribution >= 0.6 is 11.8 Å². The fourth-order valence-electron chi connectivity index (χ4n) is 2.26. The lowest BCUT2D eigenvalue weighted by atomic mass is 10.1. The summed E-state index contributed by atoms with van der Waals surface area (Å²) < 4.78 is 0. The van der Waals surface area contributed by atoms with Crippen molar-refractivity contribution in [3.63, 3.8) is 0 Å². The maximum atomic E-state index is 12.4. The van der Waals surface area contributed by atoms with Crippen molar-refractivity contribution in [3.05, 3.63) is 29.8 Å². The van der Waals surface area contributed by atoms with Gasteiger partial charge in [-0.15, -0.1) is 11.8 Å². The molecular weight excluding hydrogens is 278 g/mol. The minimum absolute atomic E-state index is 0.0572. The van der Waals surface area contributed by atoms with Crippen molar-refractivity contribution < 1.29 is 4.79 Å². The Morgan fingerprint density at radius 3 is 2.52 bits per heavy atom. The first-order valence-corrected chi connectivity index (χ1v) is 8.99. The highest BCUT2D eigenvalue weighted by Gasteiger charge is 2.14. The summed E-state index contributed by atoms with van der Waals surface area (Å²) >= 11 is 1.74. The van der Waals surface area contributed by atoms with Crippen LogP contribution in [-0.2, 0) is 0 Å². The lowest BCUT2D eigenvalue weighted by molar-refractivity contribution is 0.0935. The smallest absolute Gasteiger partial charge is 0.252 e. The molecule has 1 rings (SSSR count). The molecule has 0 saturated heterocycles. The van der Waals surface area contributed by atoms with Crippen LogP contribution in [0.1, 0.15) is 70.2 Å². The molecule has 1 aromatic carbocycles. The minimum Gasteiger partial charge on any atom is -0.350 e. The number of unbranched alkanes of at least 4 members (excludes halogenated alkanes) is 3. The zero-order valence-corrected chi connectivity index (χ0v) is 14.6. The van der Waals surface area contributed by atoms with Gasteiger partial charge in [-0.2, -0.15) is 0 Å². The van der Waals surface area contributed by atoms with Gasteiger partial charge in [-0.3, -0.25) is 4.79 Å². The summed E-state index contributed by atoms with van der Waals surface area (Å²) in [6.07, 6.45) is 6.05. The third kappa shape index (κ3) is 7.03. The molecule has 0 spiro atoms. The molecule has 0 heterocycles. The first-order valence-electron chi connectivity index (χ1n) is 8.11. The number of carbonyl (C=O) groups excluding carboxylic acids is 1. The van der Waals surface area contributed by atoms with Crippen LogP contribution in [0.4, 0.5) is 0 Å². The predicted octanol–water partition coefficient (Wildman–Crippen LogP) is 5.28. The molecule has 0 bridgehead atoms. The Morgan fingerprint density at radius 2 is 1.86 bits per heavy atom. The number of hydrogen-bond donors (Lipinski definition) is 1. The molecule has 0 aliphatic carbocycles. The second kappa shape index (κ2) is 9.88. The first-order chi connectivity index (χ1) is 10.0. The fraction of sp³-hybridized carbons (Fsp3) is 0.611. The second-order valence-electron chi connectivity index (χ2n) is 5.89. The number of hydrogen-bond acceptors (Lipinski definition) is 2. The summed E-state index contributed by atoms with van der Waals surface area (Å²) in [6.45, 7) is 8.61. The predicted molar refractivity (Wildman–Crippen MR) is 93.1 cm³/mol. The van der Waals surface area contributed by atoms with Gasteiger partial charge in [0.25, 0.3) is 5.91 Å². The van der Waals surface area contributed by atoms with Crippen molar-refractivity contribution in [2.75, 3.05) is 0 Å². The van der Waals surface area contributed by atoms with Gasteiger partial charge in [0.1, 0.15) is 0 Å². The van der Waals surface area contributed by atoms with E-state index in [4.69, 9.17) is 0 Å². The van der Waals surface area contributed by atoms with Crippen LogP contribution in [0.15, 0.2) is 29.2 Å². The SMILES string of the molecule is CCCCCCC(C)NC(=O)c1ccccc1SC(C)C. The van der Waals surface area contributed by atoms with E-state index in [2.05, 4.69) is 33.0 Å². The summed E-state index contributed by atoms with van der Waals surface area (Å²) in [6, 6.07) is 8.13. The van der Waals surface area contributed by atoms with E-state index in [0.717, 1.165) is 16.9 Å². The summed E-state index contributed by atoms with van der Waals surface area (Å²) in [7, 11) is 0. The molecule has 21 heavy (non-hydrogen) atoms. The van der Waals surface area contributed by atoms with Crippen molar-refractivity contribution in [3.8, 4) is 0 Å². The zero-order chi connectivity index (χ0) is 15.7. The quantitative estimate of drug-likeness (QED) is 0.497. The van der Waals surface area contributed by atoms with E-state index in [1.807, 2.05) is 24.3 Å². The molecule has 0 aromatic heterocycles. The van der Waals surface area contributed by atoms with Crippen LogP contribution in [0, 0.1) is 0 Å². The molecule has 1 amide bonds. The third-order valence-electron chi connectivity index (χ3n) is 3.36. The van der Waals surface area contributed by atoms with Gasteiger partial charge in [0, 0.05) is 16.2 Å². The maximum absolute atomic E-state index is 12.4. The highest BCUT2D eigenvalue weighted by atomic mass is 32.2. The van der Waals surface area contributed by atoms with Gasteiger partial charge in [0.2, 0.25) is 0 Å². The third-order valence-corrected chi connectivity index (χ3v) is 4.44. The van der Waals surface area contributed by atoms with E-state index >= 15 is 0 Å². The fourth-order valence-corrected chi connectivity index (χ4v) is 3.21. The van der Waals surface area contributed by atoms with E-state index in [-0.39, 0.29) is 11.9 Å². The van der Waals surface area contributed by atoms with E-state index in [1.54, 1.807) is 11.8 Å². The van der Waals surface area contributed by atoms with E-state index in [9.17, 15) is 4.79 Å². The second-order valence-corrected chi connectivity index (χ2v) is 7.50. The molecule has 1 aromatic rings. The lowest BCUT2D eigenvalue weighted by Crippen LogP contribution is -2.32. The standard InChI is InChI=1S/C18H29NOS/c1-5-6-7-8-11-15(4)19-18(20)16-12-9-10-13-17(16)21-14(2)3/h9-10,12-15H,5-8,11H2,1-4H3,(H,19,20). The van der Waals surface area contributed by atoms with Crippen LogP contribution in [0.5, 0.6) is 0 Å². The maximum Gasteiger partial charge on any atom is 0.252 e. The van der Waals surface area contributed by atoms with Crippen molar-refractivity contribution in [2.24, 2.45) is 0 Å². The van der Waals surface area contributed by atoms with Crippen LogP contribution < -0.4 is 5.32 Å². The molecule has 1 unspecified atom stereocenters. The molecule has 0 aliphatic rings. The Balaban J connectivity index is 2.54. The Kier molecular flexibility index (Phi) is 8.51. The monoisotopic (exact) mass is 307 g/mol. The molecule has 0 fully saturated rings. The molecule has 1 atom stereocenters. The van der Waals surface area contributed by atoms with Gasteiger partial charge in [0.15, 0.2) is 0 Å². The average molecular weight is 308 g/mol. The number of nitrogens with one attached hydrogen (secondary N) is 1. The minimum atomic E-state index is 0.0572. The van der Waals surface area contributed by atoms with Crippen molar-refractivity contribution in [1.82, 2.24) is 5.32 Å². The first kappa shape index (κ1) is 18.1. The number of rotatable bonds is 9. The Morgan fingerprint density at radius 1 is 1.14 bits per heavy atom. The van der Waals surface area contributed by atoms with Gasteiger partial charge < -0.3 is 5.32 Å². The van der Waals surface area contributed by atoms with Gasteiger partial charge >= 0.3 is 0 Å². The van der Waals surface area contributed by atoms with Crippen molar-refractivity contribution in [1.29, 1.82) is 0 Å². The molecule has 0 saturated carbocycles. The number of benzene rings is 1. The summed E-state index contributed by atoms with van der Waals surface area (Å²) in [5.41, 5.74) is 0.802. The van der Waals surface area contributed by atoms with Crippen LogP contribution in [0.25, 0.3) is 0 Å².